The van der Waals surface area contributed by atoms with Crippen LogP contribution in [0, 0.1) is 13.8 Å². The number of aliphatic hydroxyl groups is 1. The Morgan fingerprint density at radius 3 is 2.65 bits per heavy atom. The maximum absolute atomic E-state index is 12.8. The monoisotopic (exact) mass is 313 g/mol. The van der Waals surface area contributed by atoms with E-state index in [-0.39, 0.29) is 12.5 Å². The number of piperidine rings is 1. The zero-order valence-corrected chi connectivity index (χ0v) is 13.7. The number of carbonyl (C=O) groups excluding carboxylic acids is 1. The van der Waals surface area contributed by atoms with Gasteiger partial charge in [-0.15, -0.1) is 0 Å². The van der Waals surface area contributed by atoms with Gasteiger partial charge in [0.05, 0.1) is 22.4 Å². The fraction of sp³-hybridized carbons (Fsp3) is 0.444. The molecule has 1 amide bonds. The number of aromatic nitrogens is 1. The topological polar surface area (TPSA) is 79.5 Å². The fourth-order valence-electron chi connectivity index (χ4n) is 3.09. The Bertz CT molecular complexity index is 749. The highest BCUT2D eigenvalue weighted by molar-refractivity contribution is 5.98. The number of carbonyl (C=O) groups is 1. The van der Waals surface area contributed by atoms with Crippen molar-refractivity contribution in [3.05, 3.63) is 41.1 Å². The SMILES string of the molecule is Cc1ccc2cc(C(=O)N3CCC(O)(CN)CC3)c(C)nc2c1. The second kappa shape index (κ2) is 5.91. The van der Waals surface area contributed by atoms with Crippen LogP contribution in [0.4, 0.5) is 0 Å². The van der Waals surface area contributed by atoms with E-state index in [0.717, 1.165) is 22.2 Å². The van der Waals surface area contributed by atoms with Crippen LogP contribution in [0.2, 0.25) is 0 Å². The number of benzene rings is 1. The Balaban J connectivity index is 1.87. The Kier molecular flexibility index (Phi) is 4.08. The van der Waals surface area contributed by atoms with Crippen molar-refractivity contribution in [3.63, 3.8) is 0 Å². The van der Waals surface area contributed by atoms with Gasteiger partial charge in [0.25, 0.3) is 5.91 Å². The normalized spacial score (nSPS) is 17.5. The second-order valence-corrected chi connectivity index (χ2v) is 6.54. The van der Waals surface area contributed by atoms with Gasteiger partial charge in [-0.05, 0) is 44.4 Å². The molecule has 0 atom stereocenters. The number of pyridine rings is 1. The van der Waals surface area contributed by atoms with Gasteiger partial charge in [0.15, 0.2) is 0 Å². The summed E-state index contributed by atoms with van der Waals surface area (Å²) in [6.45, 7) is 5.19. The third kappa shape index (κ3) is 3.07. The molecule has 2 heterocycles. The van der Waals surface area contributed by atoms with Crippen LogP contribution >= 0.6 is 0 Å². The molecular formula is C18H23N3O2. The van der Waals surface area contributed by atoms with Gasteiger partial charge in [-0.2, -0.15) is 0 Å². The lowest BCUT2D eigenvalue weighted by atomic mass is 9.91. The predicted octanol–water partition coefficient (Wildman–Crippen LogP) is 1.78. The minimum absolute atomic E-state index is 0.0171. The molecule has 1 aromatic heterocycles. The van der Waals surface area contributed by atoms with E-state index in [1.54, 1.807) is 4.90 Å². The van der Waals surface area contributed by atoms with Crippen LogP contribution in [0.3, 0.4) is 0 Å². The van der Waals surface area contributed by atoms with Crippen LogP contribution in [0.5, 0.6) is 0 Å². The van der Waals surface area contributed by atoms with E-state index in [4.69, 9.17) is 5.73 Å². The highest BCUT2D eigenvalue weighted by Gasteiger charge is 2.33. The molecule has 5 heteroatoms. The standard InChI is InChI=1S/C18H23N3O2/c1-12-3-4-14-10-15(13(2)20-16(14)9-12)17(22)21-7-5-18(23,11-19)6-8-21/h3-4,9-10,23H,5-8,11,19H2,1-2H3. The molecule has 1 aromatic carbocycles. The van der Waals surface area contributed by atoms with E-state index in [9.17, 15) is 9.90 Å². The molecule has 3 rings (SSSR count). The van der Waals surface area contributed by atoms with Crippen LogP contribution in [-0.2, 0) is 0 Å². The number of fused-ring (bicyclic) bond motifs is 1. The number of hydrogen-bond acceptors (Lipinski definition) is 4. The van der Waals surface area contributed by atoms with Crippen LogP contribution in [0.15, 0.2) is 24.3 Å². The molecule has 0 saturated carbocycles. The second-order valence-electron chi connectivity index (χ2n) is 6.54. The van der Waals surface area contributed by atoms with Crippen LogP contribution in [0.1, 0.15) is 34.5 Å². The summed E-state index contributed by atoms with van der Waals surface area (Å²) in [4.78, 5) is 19.2. The van der Waals surface area contributed by atoms with Gasteiger partial charge in [0.1, 0.15) is 0 Å². The number of rotatable bonds is 2. The van der Waals surface area contributed by atoms with Gasteiger partial charge in [-0.1, -0.05) is 12.1 Å². The Morgan fingerprint density at radius 2 is 2.00 bits per heavy atom. The summed E-state index contributed by atoms with van der Waals surface area (Å²) in [5.74, 6) is -0.0171. The summed E-state index contributed by atoms with van der Waals surface area (Å²) in [5.41, 5.74) is 8.22. The predicted molar refractivity (Wildman–Crippen MR) is 90.4 cm³/mol. The molecule has 1 fully saturated rings. The van der Waals surface area contributed by atoms with Gasteiger partial charge in [-0.25, -0.2) is 0 Å². The summed E-state index contributed by atoms with van der Waals surface area (Å²) >= 11 is 0. The molecule has 0 radical (unpaired) electrons. The van der Waals surface area contributed by atoms with Crippen LogP contribution in [0.25, 0.3) is 10.9 Å². The van der Waals surface area contributed by atoms with E-state index >= 15 is 0 Å². The van der Waals surface area contributed by atoms with E-state index in [2.05, 4.69) is 4.98 Å². The van der Waals surface area contributed by atoms with Gasteiger partial charge in [0.2, 0.25) is 0 Å². The highest BCUT2D eigenvalue weighted by Crippen LogP contribution is 2.24. The number of amides is 1. The molecule has 122 valence electrons. The van der Waals surface area contributed by atoms with Crippen molar-refractivity contribution in [1.29, 1.82) is 0 Å². The molecule has 2 aromatic rings. The van der Waals surface area contributed by atoms with E-state index in [1.165, 1.54) is 0 Å². The van der Waals surface area contributed by atoms with Gasteiger partial charge < -0.3 is 15.7 Å². The van der Waals surface area contributed by atoms with Crippen molar-refractivity contribution >= 4 is 16.8 Å². The quantitative estimate of drug-likeness (QED) is 0.885. The summed E-state index contributed by atoms with van der Waals surface area (Å²) in [5, 5.41) is 11.2. The number of hydrogen-bond donors (Lipinski definition) is 2. The zero-order chi connectivity index (χ0) is 16.6. The van der Waals surface area contributed by atoms with Crippen molar-refractivity contribution in [2.45, 2.75) is 32.3 Å². The lowest BCUT2D eigenvalue weighted by Gasteiger charge is -2.37. The lowest BCUT2D eigenvalue weighted by molar-refractivity contribution is -0.00953. The summed E-state index contributed by atoms with van der Waals surface area (Å²) in [7, 11) is 0. The lowest BCUT2D eigenvalue weighted by Crippen LogP contribution is -2.50. The molecule has 0 aliphatic carbocycles. The molecule has 5 nitrogen and oxygen atoms in total. The van der Waals surface area contributed by atoms with Crippen molar-refractivity contribution in [1.82, 2.24) is 9.88 Å². The largest absolute Gasteiger partial charge is 0.388 e. The smallest absolute Gasteiger partial charge is 0.255 e. The number of nitrogens with zero attached hydrogens (tertiary/aromatic N) is 2. The average molecular weight is 313 g/mol. The van der Waals surface area contributed by atoms with Crippen molar-refractivity contribution in [2.75, 3.05) is 19.6 Å². The van der Waals surface area contributed by atoms with Crippen molar-refractivity contribution in [2.24, 2.45) is 5.73 Å². The van der Waals surface area contributed by atoms with Crippen LogP contribution < -0.4 is 5.73 Å². The van der Waals surface area contributed by atoms with Crippen molar-refractivity contribution < 1.29 is 9.90 Å². The molecule has 3 N–H and O–H groups in total. The molecule has 1 aliphatic rings. The molecular weight excluding hydrogens is 290 g/mol. The third-order valence-electron chi connectivity index (χ3n) is 4.76. The van der Waals surface area contributed by atoms with Gasteiger partial charge >= 0.3 is 0 Å². The van der Waals surface area contributed by atoms with E-state index < -0.39 is 5.60 Å². The highest BCUT2D eigenvalue weighted by atomic mass is 16.3. The van der Waals surface area contributed by atoms with Crippen LogP contribution in [-0.4, -0.2) is 46.1 Å². The first kappa shape index (κ1) is 15.9. The molecule has 0 bridgehead atoms. The fourth-order valence-corrected chi connectivity index (χ4v) is 3.09. The number of nitrogens with two attached hydrogens (primary N) is 1. The van der Waals surface area contributed by atoms with E-state index in [1.807, 2.05) is 38.1 Å². The maximum atomic E-state index is 12.8. The molecule has 1 aliphatic heterocycles. The average Bonchev–Trinajstić information content (AvgIpc) is 2.54. The Hall–Kier alpha value is -1.98. The maximum Gasteiger partial charge on any atom is 0.255 e. The summed E-state index contributed by atoms with van der Waals surface area (Å²) in [6.07, 6.45) is 1.04. The number of aryl methyl sites for hydroxylation is 2. The van der Waals surface area contributed by atoms with Gasteiger partial charge in [0, 0.05) is 25.0 Å². The van der Waals surface area contributed by atoms with E-state index in [0.29, 0.717) is 31.5 Å². The Labute approximate surface area is 136 Å². The molecule has 1 saturated heterocycles. The Morgan fingerprint density at radius 1 is 1.30 bits per heavy atom. The molecule has 23 heavy (non-hydrogen) atoms. The molecule has 0 spiro atoms. The first-order valence-electron chi connectivity index (χ1n) is 8.02. The first-order valence-corrected chi connectivity index (χ1v) is 8.02. The van der Waals surface area contributed by atoms with Crippen molar-refractivity contribution in [3.8, 4) is 0 Å². The summed E-state index contributed by atoms with van der Waals surface area (Å²) in [6, 6.07) is 7.97. The zero-order valence-electron chi connectivity index (χ0n) is 13.7. The summed E-state index contributed by atoms with van der Waals surface area (Å²) < 4.78 is 0. The first-order chi connectivity index (χ1) is 10.9. The number of likely N-dealkylation sites (tertiary alicyclic amines) is 1. The van der Waals surface area contributed by atoms with Gasteiger partial charge in [-0.3, -0.25) is 9.78 Å². The minimum atomic E-state index is -0.828. The molecule has 0 unspecified atom stereocenters. The minimum Gasteiger partial charge on any atom is -0.388 e. The third-order valence-corrected chi connectivity index (χ3v) is 4.76.